The third-order valence-corrected chi connectivity index (χ3v) is 5.04. The van der Waals surface area contributed by atoms with E-state index in [-0.39, 0.29) is 5.69 Å². The summed E-state index contributed by atoms with van der Waals surface area (Å²) in [4.78, 5) is 16.9. The Hall–Kier alpha value is -0.720. The molecule has 6 heteroatoms. The SMILES string of the molecule is CCc1nc(C(=O)O)c(-c2cc(Br)cs2)s1. The summed E-state index contributed by atoms with van der Waals surface area (Å²) in [6.45, 7) is 1.97. The van der Waals surface area contributed by atoms with Gasteiger partial charge < -0.3 is 5.11 Å². The molecule has 0 bridgehead atoms. The second-order valence-electron chi connectivity index (χ2n) is 3.07. The number of aromatic nitrogens is 1. The average molecular weight is 318 g/mol. The third kappa shape index (κ3) is 2.18. The average Bonchev–Trinajstić information content (AvgIpc) is 2.82. The van der Waals surface area contributed by atoms with E-state index < -0.39 is 5.97 Å². The first-order valence-electron chi connectivity index (χ1n) is 4.59. The largest absolute Gasteiger partial charge is 0.476 e. The van der Waals surface area contributed by atoms with Crippen molar-refractivity contribution in [1.82, 2.24) is 4.98 Å². The fourth-order valence-corrected chi connectivity index (χ4v) is 3.80. The maximum atomic E-state index is 11.1. The van der Waals surface area contributed by atoms with Gasteiger partial charge in [-0.3, -0.25) is 0 Å². The van der Waals surface area contributed by atoms with Crippen molar-refractivity contribution in [1.29, 1.82) is 0 Å². The maximum Gasteiger partial charge on any atom is 0.356 e. The molecule has 2 aromatic heterocycles. The molecule has 2 aromatic rings. The molecular weight excluding hydrogens is 310 g/mol. The van der Waals surface area contributed by atoms with Crippen LogP contribution >= 0.6 is 38.6 Å². The topological polar surface area (TPSA) is 50.2 Å². The summed E-state index contributed by atoms with van der Waals surface area (Å²) in [6.07, 6.45) is 0.761. The Morgan fingerprint density at radius 3 is 2.88 bits per heavy atom. The molecule has 0 aliphatic heterocycles. The minimum atomic E-state index is -0.963. The highest BCUT2D eigenvalue weighted by Gasteiger charge is 2.19. The number of carboxylic acid groups (broad SMARTS) is 1. The number of carboxylic acids is 1. The van der Waals surface area contributed by atoms with Gasteiger partial charge in [-0.25, -0.2) is 9.78 Å². The Morgan fingerprint density at radius 2 is 2.38 bits per heavy atom. The minimum Gasteiger partial charge on any atom is -0.476 e. The Bertz CT molecular complexity index is 533. The van der Waals surface area contributed by atoms with Crippen molar-refractivity contribution in [3.63, 3.8) is 0 Å². The van der Waals surface area contributed by atoms with Crippen molar-refractivity contribution in [2.45, 2.75) is 13.3 Å². The molecule has 0 aromatic carbocycles. The van der Waals surface area contributed by atoms with Crippen LogP contribution in [0.1, 0.15) is 22.4 Å². The first-order valence-corrected chi connectivity index (χ1v) is 7.08. The highest BCUT2D eigenvalue weighted by atomic mass is 79.9. The highest BCUT2D eigenvalue weighted by Crippen LogP contribution is 2.36. The van der Waals surface area contributed by atoms with Crippen molar-refractivity contribution in [2.75, 3.05) is 0 Å². The van der Waals surface area contributed by atoms with Gasteiger partial charge >= 0.3 is 5.97 Å². The molecular formula is C10H8BrNO2S2. The molecule has 0 amide bonds. The molecule has 84 valence electrons. The number of hydrogen-bond acceptors (Lipinski definition) is 4. The van der Waals surface area contributed by atoms with Crippen LogP contribution in [-0.2, 0) is 6.42 Å². The molecule has 0 radical (unpaired) electrons. The standard InChI is InChI=1S/C10H8BrNO2S2/c1-2-7-12-8(10(13)14)9(16-7)6-3-5(11)4-15-6/h3-4H,2H2,1H3,(H,13,14). The van der Waals surface area contributed by atoms with E-state index in [2.05, 4.69) is 20.9 Å². The third-order valence-electron chi connectivity index (χ3n) is 1.97. The van der Waals surface area contributed by atoms with Gasteiger partial charge in [0.2, 0.25) is 0 Å². The van der Waals surface area contributed by atoms with E-state index in [0.717, 1.165) is 25.7 Å². The fraction of sp³-hybridized carbons (Fsp3) is 0.200. The zero-order chi connectivity index (χ0) is 11.7. The summed E-state index contributed by atoms with van der Waals surface area (Å²) < 4.78 is 0.968. The van der Waals surface area contributed by atoms with Crippen molar-refractivity contribution in [3.8, 4) is 9.75 Å². The summed E-state index contributed by atoms with van der Waals surface area (Å²) in [5.74, 6) is -0.963. The molecule has 0 aliphatic rings. The number of thiophene rings is 1. The molecule has 0 saturated heterocycles. The van der Waals surface area contributed by atoms with Gasteiger partial charge in [-0.2, -0.15) is 0 Å². The number of aromatic carboxylic acids is 1. The van der Waals surface area contributed by atoms with Crippen LogP contribution in [0, 0.1) is 0 Å². The van der Waals surface area contributed by atoms with Crippen molar-refractivity contribution in [3.05, 3.63) is 26.6 Å². The molecule has 1 N–H and O–H groups in total. The van der Waals surface area contributed by atoms with Gasteiger partial charge in [-0.15, -0.1) is 22.7 Å². The van der Waals surface area contributed by atoms with Crippen LogP contribution < -0.4 is 0 Å². The van der Waals surface area contributed by atoms with Gasteiger partial charge in [0.1, 0.15) is 0 Å². The van der Waals surface area contributed by atoms with Crippen molar-refractivity contribution < 1.29 is 9.90 Å². The van der Waals surface area contributed by atoms with Gasteiger partial charge in [0.15, 0.2) is 5.69 Å². The lowest BCUT2D eigenvalue weighted by Gasteiger charge is -1.92. The molecule has 0 spiro atoms. The summed E-state index contributed by atoms with van der Waals surface area (Å²) in [5, 5.41) is 11.9. The summed E-state index contributed by atoms with van der Waals surface area (Å²) in [5.41, 5.74) is 0.163. The lowest BCUT2D eigenvalue weighted by Crippen LogP contribution is -1.98. The molecule has 16 heavy (non-hydrogen) atoms. The quantitative estimate of drug-likeness (QED) is 0.934. The molecule has 0 aliphatic carbocycles. The summed E-state index contributed by atoms with van der Waals surface area (Å²) in [6, 6.07) is 1.92. The zero-order valence-corrected chi connectivity index (χ0v) is 11.6. The molecule has 2 heterocycles. The fourth-order valence-electron chi connectivity index (χ4n) is 1.26. The van der Waals surface area contributed by atoms with Crippen molar-refractivity contribution in [2.24, 2.45) is 0 Å². The molecule has 0 fully saturated rings. The molecule has 3 nitrogen and oxygen atoms in total. The Balaban J connectivity index is 2.54. The molecule has 0 saturated carbocycles. The first-order chi connectivity index (χ1) is 7.61. The lowest BCUT2D eigenvalue weighted by atomic mass is 10.3. The van der Waals surface area contributed by atoms with E-state index in [1.807, 2.05) is 18.4 Å². The van der Waals surface area contributed by atoms with Crippen LogP contribution in [-0.4, -0.2) is 16.1 Å². The Labute approximate surface area is 109 Å². The van der Waals surface area contributed by atoms with E-state index in [9.17, 15) is 4.79 Å². The molecule has 0 atom stereocenters. The van der Waals surface area contributed by atoms with Crippen LogP contribution in [0.5, 0.6) is 0 Å². The maximum absolute atomic E-state index is 11.1. The number of rotatable bonds is 3. The van der Waals surface area contributed by atoms with E-state index in [1.165, 1.54) is 22.7 Å². The van der Waals surface area contributed by atoms with Crippen LogP contribution in [0.15, 0.2) is 15.9 Å². The Kier molecular flexibility index (Phi) is 3.41. The number of carbonyl (C=O) groups is 1. The predicted molar refractivity (Wildman–Crippen MR) is 69.5 cm³/mol. The molecule has 0 unspecified atom stereocenters. The highest BCUT2D eigenvalue weighted by molar-refractivity contribution is 9.10. The van der Waals surface area contributed by atoms with Gasteiger partial charge in [0.25, 0.3) is 0 Å². The monoisotopic (exact) mass is 317 g/mol. The predicted octanol–water partition coefficient (Wildman–Crippen LogP) is 3.89. The van der Waals surface area contributed by atoms with E-state index in [4.69, 9.17) is 5.11 Å². The number of halogens is 1. The number of nitrogens with zero attached hydrogens (tertiary/aromatic N) is 1. The van der Waals surface area contributed by atoms with Crippen LogP contribution in [0.3, 0.4) is 0 Å². The van der Waals surface area contributed by atoms with Crippen LogP contribution in [0.4, 0.5) is 0 Å². The molecule has 2 rings (SSSR count). The number of thiazole rings is 1. The number of aryl methyl sites for hydroxylation is 1. The van der Waals surface area contributed by atoms with Crippen LogP contribution in [0.25, 0.3) is 9.75 Å². The summed E-state index contributed by atoms with van der Waals surface area (Å²) >= 11 is 6.33. The first kappa shape index (κ1) is 11.8. The second-order valence-corrected chi connectivity index (χ2v) is 5.98. The van der Waals surface area contributed by atoms with E-state index in [0.29, 0.717) is 0 Å². The minimum absolute atomic E-state index is 0.163. The van der Waals surface area contributed by atoms with Gasteiger partial charge in [-0.05, 0) is 28.4 Å². The van der Waals surface area contributed by atoms with E-state index in [1.54, 1.807) is 0 Å². The van der Waals surface area contributed by atoms with Gasteiger partial charge in [-0.1, -0.05) is 6.92 Å². The van der Waals surface area contributed by atoms with Gasteiger partial charge in [0.05, 0.1) is 9.88 Å². The van der Waals surface area contributed by atoms with Crippen molar-refractivity contribution >= 4 is 44.6 Å². The zero-order valence-electron chi connectivity index (χ0n) is 8.36. The van der Waals surface area contributed by atoms with Crippen LogP contribution in [0.2, 0.25) is 0 Å². The number of hydrogen-bond donors (Lipinski definition) is 1. The normalized spacial score (nSPS) is 10.6. The van der Waals surface area contributed by atoms with E-state index >= 15 is 0 Å². The second kappa shape index (κ2) is 4.65. The Morgan fingerprint density at radius 1 is 1.62 bits per heavy atom. The summed E-state index contributed by atoms with van der Waals surface area (Å²) in [7, 11) is 0. The lowest BCUT2D eigenvalue weighted by molar-refractivity contribution is 0.0692. The van der Waals surface area contributed by atoms with Gasteiger partial charge in [0, 0.05) is 14.7 Å². The smallest absolute Gasteiger partial charge is 0.356 e.